The van der Waals surface area contributed by atoms with E-state index in [4.69, 9.17) is 18.9 Å². The van der Waals surface area contributed by atoms with Crippen LogP contribution in [0.4, 0.5) is 0 Å². The first kappa shape index (κ1) is 23.8. The molecule has 0 bridgehead atoms. The lowest BCUT2D eigenvalue weighted by Gasteiger charge is -2.14. The first-order valence-electron chi connectivity index (χ1n) is 8.81. The molecule has 0 radical (unpaired) electrons. The minimum absolute atomic E-state index is 0.0433. The van der Waals surface area contributed by atoms with Crippen LogP contribution in [0.15, 0.2) is 33.8 Å². The molecule has 0 atom stereocenters. The van der Waals surface area contributed by atoms with Gasteiger partial charge >= 0.3 is 0 Å². The molecule has 2 aromatic carbocycles. The Morgan fingerprint density at radius 2 is 1.61 bits per heavy atom. The fraction of sp³-hybridized carbons (Fsp3) is 0.250. The van der Waals surface area contributed by atoms with E-state index in [1.807, 2.05) is 0 Å². The monoisotopic (exact) mass is 495 g/mol. The second-order valence-corrected chi connectivity index (χ2v) is 6.80. The number of rotatable bonds is 9. The molecule has 0 aliphatic heterocycles. The molecule has 2 aromatic rings. The van der Waals surface area contributed by atoms with E-state index in [-0.39, 0.29) is 23.6 Å². The van der Waals surface area contributed by atoms with Crippen LogP contribution in [-0.2, 0) is 4.79 Å². The van der Waals surface area contributed by atoms with Gasteiger partial charge in [-0.05, 0) is 45.8 Å². The zero-order chi connectivity index (χ0) is 23.0. The topological polar surface area (TPSA) is 128 Å². The first-order valence-corrected chi connectivity index (χ1v) is 9.60. The lowest BCUT2D eigenvalue weighted by Crippen LogP contribution is -2.34. The van der Waals surface area contributed by atoms with Gasteiger partial charge in [-0.2, -0.15) is 5.10 Å². The summed E-state index contributed by atoms with van der Waals surface area (Å²) < 4.78 is 21.1. The summed E-state index contributed by atoms with van der Waals surface area (Å²) in [6.45, 7) is -0.310. The molecule has 31 heavy (non-hydrogen) atoms. The number of hydrogen-bond acceptors (Lipinski definition) is 8. The van der Waals surface area contributed by atoms with E-state index in [0.29, 0.717) is 27.3 Å². The van der Waals surface area contributed by atoms with Gasteiger partial charge in [0.2, 0.25) is 5.75 Å². The van der Waals surface area contributed by atoms with Crippen LogP contribution in [0.25, 0.3) is 0 Å². The van der Waals surface area contributed by atoms with Crippen molar-refractivity contribution in [3.05, 3.63) is 39.9 Å². The molecule has 0 fully saturated rings. The zero-order valence-electron chi connectivity index (χ0n) is 17.3. The van der Waals surface area contributed by atoms with E-state index in [2.05, 4.69) is 31.8 Å². The summed E-state index contributed by atoms with van der Waals surface area (Å²) in [4.78, 5) is 24.4. The van der Waals surface area contributed by atoms with E-state index in [0.717, 1.165) is 0 Å². The van der Waals surface area contributed by atoms with Crippen LogP contribution in [-0.4, -0.2) is 58.1 Å². The number of halogens is 1. The quantitative estimate of drug-likeness (QED) is 0.358. The molecule has 11 heteroatoms. The number of benzene rings is 2. The van der Waals surface area contributed by atoms with Gasteiger partial charge in [-0.25, -0.2) is 5.43 Å². The maximum Gasteiger partial charge on any atom is 0.259 e. The molecule has 166 valence electrons. The summed E-state index contributed by atoms with van der Waals surface area (Å²) in [7, 11) is 5.75. The highest BCUT2D eigenvalue weighted by molar-refractivity contribution is 9.10. The van der Waals surface area contributed by atoms with Gasteiger partial charge in [0.05, 0.1) is 45.7 Å². The lowest BCUT2D eigenvalue weighted by atomic mass is 10.1. The molecule has 3 N–H and O–H groups in total. The molecule has 0 unspecified atom stereocenters. The highest BCUT2D eigenvalue weighted by Crippen LogP contribution is 2.38. The Morgan fingerprint density at radius 1 is 1.00 bits per heavy atom. The van der Waals surface area contributed by atoms with Gasteiger partial charge in [0, 0.05) is 5.56 Å². The van der Waals surface area contributed by atoms with Crippen molar-refractivity contribution in [2.75, 3.05) is 35.0 Å². The third-order valence-corrected chi connectivity index (χ3v) is 4.61. The molecule has 0 aliphatic rings. The number of phenols is 1. The molecular formula is C20H22BrN3O7. The number of carbonyl (C=O) groups excluding carboxylic acids is 2. The number of nitrogens with one attached hydrogen (secondary N) is 2. The van der Waals surface area contributed by atoms with Crippen molar-refractivity contribution < 1.29 is 33.6 Å². The molecule has 0 saturated heterocycles. The average molecular weight is 496 g/mol. The third-order valence-electron chi connectivity index (χ3n) is 4.01. The Bertz CT molecular complexity index is 970. The summed E-state index contributed by atoms with van der Waals surface area (Å²) in [5.41, 5.74) is 3.10. The Morgan fingerprint density at radius 3 is 2.16 bits per heavy atom. The van der Waals surface area contributed by atoms with Crippen molar-refractivity contribution in [1.82, 2.24) is 10.7 Å². The van der Waals surface area contributed by atoms with Crippen LogP contribution in [0.3, 0.4) is 0 Å². The van der Waals surface area contributed by atoms with E-state index in [1.165, 1.54) is 46.8 Å². The molecule has 10 nitrogen and oxygen atoms in total. The Balaban J connectivity index is 1.98. The summed E-state index contributed by atoms with van der Waals surface area (Å²) in [6, 6.07) is 6.09. The number of phenolic OH excluding ortho intramolecular Hbond substituents is 1. The van der Waals surface area contributed by atoms with Crippen molar-refractivity contribution in [3.8, 4) is 28.7 Å². The molecule has 2 amide bonds. The molecule has 0 heterocycles. The predicted octanol–water partition coefficient (Wildman–Crippen LogP) is 2.07. The average Bonchev–Trinajstić information content (AvgIpc) is 2.78. The van der Waals surface area contributed by atoms with E-state index >= 15 is 0 Å². The Labute approximate surface area is 187 Å². The largest absolute Gasteiger partial charge is 0.503 e. The van der Waals surface area contributed by atoms with E-state index < -0.39 is 11.8 Å². The third kappa shape index (κ3) is 6.01. The van der Waals surface area contributed by atoms with Crippen LogP contribution in [0.2, 0.25) is 0 Å². The summed E-state index contributed by atoms with van der Waals surface area (Å²) in [5.74, 6) is 0.143. The number of ether oxygens (including phenoxy) is 4. The predicted molar refractivity (Wildman–Crippen MR) is 117 cm³/mol. The molecule has 2 rings (SSSR count). The summed E-state index contributed by atoms with van der Waals surface area (Å²) in [5, 5.41) is 16.1. The molecular weight excluding hydrogens is 474 g/mol. The highest BCUT2D eigenvalue weighted by Gasteiger charge is 2.17. The maximum atomic E-state index is 12.4. The minimum atomic E-state index is -0.540. The zero-order valence-corrected chi connectivity index (χ0v) is 18.9. The van der Waals surface area contributed by atoms with E-state index in [9.17, 15) is 14.7 Å². The van der Waals surface area contributed by atoms with Crippen molar-refractivity contribution in [3.63, 3.8) is 0 Å². The molecule has 0 aliphatic carbocycles. The molecule has 0 aromatic heterocycles. The van der Waals surface area contributed by atoms with Crippen LogP contribution in [0, 0.1) is 0 Å². The van der Waals surface area contributed by atoms with Crippen molar-refractivity contribution in [2.24, 2.45) is 5.10 Å². The van der Waals surface area contributed by atoms with Gasteiger partial charge in [0.15, 0.2) is 23.0 Å². The van der Waals surface area contributed by atoms with Gasteiger partial charge in [0.25, 0.3) is 11.8 Å². The van der Waals surface area contributed by atoms with Crippen molar-refractivity contribution >= 4 is 34.0 Å². The second kappa shape index (κ2) is 11.1. The van der Waals surface area contributed by atoms with Gasteiger partial charge in [-0.1, -0.05) is 0 Å². The van der Waals surface area contributed by atoms with Crippen LogP contribution in [0.5, 0.6) is 28.7 Å². The highest BCUT2D eigenvalue weighted by atomic mass is 79.9. The number of nitrogens with zero attached hydrogens (tertiary/aromatic N) is 1. The number of amides is 2. The summed E-state index contributed by atoms with van der Waals surface area (Å²) >= 11 is 3.20. The SMILES string of the molecule is COc1cc(C=NNC(=O)CNC(=O)c2cc(OC)c(OC)c(OC)c2)cc(Br)c1O. The lowest BCUT2D eigenvalue weighted by molar-refractivity contribution is -0.120. The van der Waals surface area contributed by atoms with Gasteiger partial charge in [0.1, 0.15) is 0 Å². The van der Waals surface area contributed by atoms with Gasteiger partial charge < -0.3 is 29.4 Å². The van der Waals surface area contributed by atoms with Crippen molar-refractivity contribution in [2.45, 2.75) is 0 Å². The molecule has 0 saturated carbocycles. The number of methoxy groups -OCH3 is 4. The number of hydrogen-bond donors (Lipinski definition) is 3. The number of aromatic hydroxyl groups is 1. The fourth-order valence-electron chi connectivity index (χ4n) is 2.52. The standard InChI is InChI=1S/C20H22BrN3O7/c1-28-14-6-11(5-13(21)18(14)26)9-23-24-17(25)10-22-20(27)12-7-15(29-2)19(31-4)16(8-12)30-3/h5-9,26H,10H2,1-4H3,(H,22,27)(H,24,25). The van der Waals surface area contributed by atoms with Crippen LogP contribution >= 0.6 is 15.9 Å². The first-order chi connectivity index (χ1) is 14.8. The van der Waals surface area contributed by atoms with Crippen molar-refractivity contribution in [1.29, 1.82) is 0 Å². The Kier molecular flexibility index (Phi) is 8.50. The second-order valence-electron chi connectivity index (χ2n) is 5.94. The minimum Gasteiger partial charge on any atom is -0.503 e. The Hall–Kier alpha value is -3.47. The normalized spacial score (nSPS) is 10.5. The maximum absolute atomic E-state index is 12.4. The van der Waals surface area contributed by atoms with Crippen LogP contribution < -0.4 is 29.7 Å². The van der Waals surface area contributed by atoms with Gasteiger partial charge in [-0.15, -0.1) is 0 Å². The number of hydrazone groups is 1. The van der Waals surface area contributed by atoms with Crippen LogP contribution in [0.1, 0.15) is 15.9 Å². The molecule has 0 spiro atoms. The number of carbonyl (C=O) groups is 2. The van der Waals surface area contributed by atoms with Gasteiger partial charge in [-0.3, -0.25) is 9.59 Å². The van der Waals surface area contributed by atoms with E-state index in [1.54, 1.807) is 12.1 Å². The summed E-state index contributed by atoms with van der Waals surface area (Å²) in [6.07, 6.45) is 1.37. The fourth-order valence-corrected chi connectivity index (χ4v) is 2.98. The smallest absolute Gasteiger partial charge is 0.259 e.